The number of hydrogen-bond acceptors (Lipinski definition) is 3. The standard InChI is InChI=1S/C23H19NO3/c1-26-19-14-8-13-18-15-20(27-22(18)19)23(25)24-21(16-9-4-2-5-10-16)17-11-6-3-7-12-17/h2-15,21H,1H3,(H,24,25). The van der Waals surface area contributed by atoms with Crippen molar-refractivity contribution < 1.29 is 13.9 Å². The second-order valence-corrected chi connectivity index (χ2v) is 6.22. The lowest BCUT2D eigenvalue weighted by Crippen LogP contribution is -2.29. The van der Waals surface area contributed by atoms with E-state index in [9.17, 15) is 4.79 Å². The summed E-state index contributed by atoms with van der Waals surface area (Å²) < 4.78 is 11.1. The lowest BCUT2D eigenvalue weighted by molar-refractivity contribution is 0.0917. The lowest BCUT2D eigenvalue weighted by Gasteiger charge is -2.19. The summed E-state index contributed by atoms with van der Waals surface area (Å²) in [5.41, 5.74) is 2.58. The van der Waals surface area contributed by atoms with E-state index in [0.717, 1.165) is 16.5 Å². The Bertz CT molecular complexity index is 1020. The number of carbonyl (C=O) groups excluding carboxylic acids is 1. The Balaban J connectivity index is 1.68. The zero-order valence-corrected chi connectivity index (χ0v) is 14.9. The molecule has 3 aromatic carbocycles. The number of benzene rings is 3. The van der Waals surface area contributed by atoms with Gasteiger partial charge in [0.25, 0.3) is 5.91 Å². The van der Waals surface area contributed by atoms with Gasteiger partial charge in [-0.05, 0) is 23.3 Å². The predicted molar refractivity (Wildman–Crippen MR) is 105 cm³/mol. The van der Waals surface area contributed by atoms with Crippen LogP contribution in [0.3, 0.4) is 0 Å². The maximum atomic E-state index is 12.9. The van der Waals surface area contributed by atoms with E-state index in [1.165, 1.54) is 0 Å². The van der Waals surface area contributed by atoms with Crippen LogP contribution in [0, 0.1) is 0 Å². The minimum atomic E-state index is -0.272. The molecule has 0 saturated heterocycles. The third-order valence-corrected chi connectivity index (χ3v) is 4.49. The SMILES string of the molecule is COc1cccc2cc(C(=O)NC(c3ccccc3)c3ccccc3)oc12. The number of methoxy groups -OCH3 is 1. The zero-order chi connectivity index (χ0) is 18.6. The molecule has 134 valence electrons. The van der Waals surface area contributed by atoms with Crippen LogP contribution in [0.4, 0.5) is 0 Å². The Kier molecular flexibility index (Phi) is 4.62. The monoisotopic (exact) mass is 357 g/mol. The third kappa shape index (κ3) is 3.42. The van der Waals surface area contributed by atoms with Gasteiger partial charge in [0.05, 0.1) is 13.2 Å². The van der Waals surface area contributed by atoms with E-state index in [2.05, 4.69) is 5.32 Å². The van der Waals surface area contributed by atoms with Crippen molar-refractivity contribution in [1.82, 2.24) is 5.32 Å². The van der Waals surface area contributed by atoms with Gasteiger partial charge in [0.2, 0.25) is 0 Å². The number of furan rings is 1. The van der Waals surface area contributed by atoms with Crippen molar-refractivity contribution in [2.45, 2.75) is 6.04 Å². The molecule has 4 aromatic rings. The molecule has 27 heavy (non-hydrogen) atoms. The minimum Gasteiger partial charge on any atom is -0.493 e. The first kappa shape index (κ1) is 16.9. The Hall–Kier alpha value is -3.53. The topological polar surface area (TPSA) is 51.5 Å². The Labute approximate surface area is 157 Å². The van der Waals surface area contributed by atoms with E-state index in [0.29, 0.717) is 11.3 Å². The Morgan fingerprint density at radius 3 is 2.11 bits per heavy atom. The predicted octanol–water partition coefficient (Wildman–Crippen LogP) is 4.96. The highest BCUT2D eigenvalue weighted by Gasteiger charge is 2.20. The van der Waals surface area contributed by atoms with Gasteiger partial charge in [-0.1, -0.05) is 72.8 Å². The number of amides is 1. The van der Waals surface area contributed by atoms with Gasteiger partial charge in [0.15, 0.2) is 17.1 Å². The maximum Gasteiger partial charge on any atom is 0.287 e. The molecule has 0 aliphatic rings. The molecule has 1 aromatic heterocycles. The van der Waals surface area contributed by atoms with Crippen LogP contribution in [-0.2, 0) is 0 Å². The van der Waals surface area contributed by atoms with Gasteiger partial charge in [-0.25, -0.2) is 0 Å². The van der Waals surface area contributed by atoms with Gasteiger partial charge in [0, 0.05) is 5.39 Å². The quantitative estimate of drug-likeness (QED) is 0.549. The van der Waals surface area contributed by atoms with Crippen LogP contribution in [0.2, 0.25) is 0 Å². The highest BCUT2D eigenvalue weighted by Crippen LogP contribution is 2.29. The first-order valence-electron chi connectivity index (χ1n) is 8.73. The number of hydrogen-bond donors (Lipinski definition) is 1. The molecular weight excluding hydrogens is 338 g/mol. The average Bonchev–Trinajstić information content (AvgIpc) is 3.18. The maximum absolute atomic E-state index is 12.9. The first-order valence-corrected chi connectivity index (χ1v) is 8.73. The third-order valence-electron chi connectivity index (χ3n) is 4.49. The van der Waals surface area contributed by atoms with Crippen molar-refractivity contribution in [2.75, 3.05) is 7.11 Å². The van der Waals surface area contributed by atoms with Crippen molar-refractivity contribution in [3.05, 3.63) is 102 Å². The van der Waals surface area contributed by atoms with Crippen LogP contribution < -0.4 is 10.1 Å². The molecule has 4 rings (SSSR count). The highest BCUT2D eigenvalue weighted by atomic mass is 16.5. The van der Waals surface area contributed by atoms with Crippen molar-refractivity contribution in [1.29, 1.82) is 0 Å². The molecule has 0 aliphatic heterocycles. The molecule has 4 nitrogen and oxygen atoms in total. The summed E-state index contributed by atoms with van der Waals surface area (Å²) in [5, 5.41) is 3.92. The fourth-order valence-corrected chi connectivity index (χ4v) is 3.16. The minimum absolute atomic E-state index is 0.256. The molecule has 0 spiro atoms. The molecule has 0 unspecified atom stereocenters. The van der Waals surface area contributed by atoms with Gasteiger partial charge >= 0.3 is 0 Å². The molecule has 0 fully saturated rings. The summed E-state index contributed by atoms with van der Waals surface area (Å²) in [6.07, 6.45) is 0. The number of rotatable bonds is 5. The van der Waals surface area contributed by atoms with E-state index in [-0.39, 0.29) is 17.7 Å². The first-order chi connectivity index (χ1) is 13.3. The summed E-state index contributed by atoms with van der Waals surface area (Å²) in [5.74, 6) is 0.589. The van der Waals surface area contributed by atoms with Gasteiger partial charge in [-0.3, -0.25) is 4.79 Å². The molecule has 0 bridgehead atoms. The number of ether oxygens (including phenoxy) is 1. The van der Waals surface area contributed by atoms with E-state index >= 15 is 0 Å². The lowest BCUT2D eigenvalue weighted by atomic mass is 9.98. The number of nitrogens with one attached hydrogen (secondary N) is 1. The summed E-state index contributed by atoms with van der Waals surface area (Å²) in [6, 6.07) is 26.8. The van der Waals surface area contributed by atoms with Gasteiger partial charge in [-0.15, -0.1) is 0 Å². The van der Waals surface area contributed by atoms with Gasteiger partial charge in [-0.2, -0.15) is 0 Å². The van der Waals surface area contributed by atoms with E-state index < -0.39 is 0 Å². The summed E-state index contributed by atoms with van der Waals surface area (Å²) >= 11 is 0. The summed E-state index contributed by atoms with van der Waals surface area (Å²) in [7, 11) is 1.58. The van der Waals surface area contributed by atoms with Gasteiger partial charge in [0.1, 0.15) is 0 Å². The molecule has 1 amide bonds. The smallest absolute Gasteiger partial charge is 0.287 e. The average molecular weight is 357 g/mol. The summed E-state index contributed by atoms with van der Waals surface area (Å²) in [4.78, 5) is 12.9. The molecule has 1 heterocycles. The normalized spacial score (nSPS) is 10.9. The van der Waals surface area contributed by atoms with E-state index in [4.69, 9.17) is 9.15 Å². The van der Waals surface area contributed by atoms with Crippen molar-refractivity contribution in [3.8, 4) is 5.75 Å². The van der Waals surface area contributed by atoms with E-state index in [1.807, 2.05) is 78.9 Å². The zero-order valence-electron chi connectivity index (χ0n) is 14.9. The largest absolute Gasteiger partial charge is 0.493 e. The fraction of sp³-hybridized carbons (Fsp3) is 0.0870. The molecule has 1 N–H and O–H groups in total. The molecule has 0 radical (unpaired) electrons. The number of carbonyl (C=O) groups is 1. The van der Waals surface area contributed by atoms with Crippen LogP contribution in [0.5, 0.6) is 5.75 Å². The summed E-state index contributed by atoms with van der Waals surface area (Å²) in [6.45, 7) is 0. The Morgan fingerprint density at radius 2 is 1.52 bits per heavy atom. The van der Waals surface area contributed by atoms with Crippen LogP contribution in [-0.4, -0.2) is 13.0 Å². The number of para-hydroxylation sites is 1. The van der Waals surface area contributed by atoms with Crippen LogP contribution >= 0.6 is 0 Å². The fourth-order valence-electron chi connectivity index (χ4n) is 3.16. The highest BCUT2D eigenvalue weighted by molar-refractivity contribution is 5.97. The molecule has 4 heteroatoms. The van der Waals surface area contributed by atoms with Crippen LogP contribution in [0.1, 0.15) is 27.7 Å². The van der Waals surface area contributed by atoms with Crippen molar-refractivity contribution >= 4 is 16.9 Å². The number of fused-ring (bicyclic) bond motifs is 1. The molecule has 0 saturated carbocycles. The Morgan fingerprint density at radius 1 is 0.889 bits per heavy atom. The van der Waals surface area contributed by atoms with Crippen LogP contribution in [0.25, 0.3) is 11.0 Å². The van der Waals surface area contributed by atoms with Crippen molar-refractivity contribution in [3.63, 3.8) is 0 Å². The van der Waals surface area contributed by atoms with Crippen LogP contribution in [0.15, 0.2) is 89.3 Å². The van der Waals surface area contributed by atoms with Gasteiger partial charge < -0.3 is 14.5 Å². The molecule has 0 aliphatic carbocycles. The molecular formula is C23H19NO3. The van der Waals surface area contributed by atoms with Crippen molar-refractivity contribution in [2.24, 2.45) is 0 Å². The van der Waals surface area contributed by atoms with E-state index in [1.54, 1.807) is 13.2 Å². The molecule has 0 atom stereocenters. The second-order valence-electron chi connectivity index (χ2n) is 6.22. The second kappa shape index (κ2) is 7.38.